The molecule has 0 aliphatic rings. The molecule has 0 aliphatic heterocycles. The van der Waals surface area contributed by atoms with Gasteiger partial charge in [-0.05, 0) is 48.5 Å². The number of aromatic nitrogens is 2. The quantitative estimate of drug-likeness (QED) is 0.118. The number of benzene rings is 2. The van der Waals surface area contributed by atoms with E-state index in [0.717, 1.165) is 30.3 Å². The number of hydrazone groups is 1. The summed E-state index contributed by atoms with van der Waals surface area (Å²) < 4.78 is 88.0. The van der Waals surface area contributed by atoms with Gasteiger partial charge in [0.05, 0.1) is 30.2 Å². The zero-order valence-corrected chi connectivity index (χ0v) is 21.3. The van der Waals surface area contributed by atoms with Gasteiger partial charge in [-0.25, -0.2) is 4.98 Å². The smallest absolute Gasteiger partial charge is 0.449 e. The Balaban J connectivity index is 2.01. The first kappa shape index (κ1) is 30.7. The van der Waals surface area contributed by atoms with Crippen molar-refractivity contribution < 1.29 is 40.6 Å². The molecule has 9 nitrogen and oxygen atoms in total. The maximum atomic E-state index is 13.6. The predicted octanol–water partition coefficient (Wildman–Crippen LogP) is 5.23. The first-order chi connectivity index (χ1) is 19.2. The normalized spacial score (nSPS) is 12.5. The Hall–Kier alpha value is -4.84. The molecule has 3 rings (SSSR count). The van der Waals surface area contributed by atoms with Crippen LogP contribution in [0.5, 0.6) is 17.2 Å². The molecule has 1 heterocycles. The molecule has 0 spiro atoms. The molecule has 0 unspecified atom stereocenters. The van der Waals surface area contributed by atoms with Gasteiger partial charge >= 0.3 is 12.5 Å². The van der Waals surface area contributed by atoms with Crippen molar-refractivity contribution >= 4 is 23.6 Å². The van der Waals surface area contributed by atoms with Gasteiger partial charge in [-0.3, -0.25) is 14.2 Å². The number of halogens is 7. The Morgan fingerprint density at radius 2 is 1.83 bits per heavy atom. The van der Waals surface area contributed by atoms with Crippen LogP contribution in [0.3, 0.4) is 0 Å². The van der Waals surface area contributed by atoms with Crippen LogP contribution in [0.15, 0.2) is 70.3 Å². The molecular formula is C25H16ClF6N5O4. The van der Waals surface area contributed by atoms with E-state index >= 15 is 0 Å². The lowest BCUT2D eigenvalue weighted by Gasteiger charge is -2.15. The topological polar surface area (TPSA) is 119 Å². The van der Waals surface area contributed by atoms with E-state index in [1.807, 2.05) is 0 Å². The van der Waals surface area contributed by atoms with Crippen LogP contribution >= 0.6 is 11.6 Å². The van der Waals surface area contributed by atoms with Crippen LogP contribution in [0.4, 0.5) is 26.3 Å². The van der Waals surface area contributed by atoms with Crippen LogP contribution in [0.2, 0.25) is 5.02 Å². The second-order valence-electron chi connectivity index (χ2n) is 7.87. The molecule has 0 bridgehead atoms. The predicted molar refractivity (Wildman–Crippen MR) is 133 cm³/mol. The van der Waals surface area contributed by atoms with Gasteiger partial charge in [0.1, 0.15) is 17.8 Å². The summed E-state index contributed by atoms with van der Waals surface area (Å²) in [6.45, 7) is -0.596. The Kier molecular flexibility index (Phi) is 9.40. The Bertz CT molecular complexity index is 1590. The minimum Gasteiger partial charge on any atom is -0.449 e. The third-order valence-electron chi connectivity index (χ3n) is 4.93. The average Bonchev–Trinajstić information content (AvgIpc) is 2.88. The van der Waals surface area contributed by atoms with Gasteiger partial charge in [0.2, 0.25) is 5.75 Å². The molecule has 0 amide bonds. The van der Waals surface area contributed by atoms with Gasteiger partial charge in [0, 0.05) is 23.2 Å². The molecule has 41 heavy (non-hydrogen) atoms. The maximum absolute atomic E-state index is 13.6. The molecule has 16 heteroatoms. The summed E-state index contributed by atoms with van der Waals surface area (Å²) in [7, 11) is 1.40. The molecule has 0 radical (unpaired) electrons. The van der Waals surface area contributed by atoms with Crippen molar-refractivity contribution in [1.29, 1.82) is 5.26 Å². The molecule has 214 valence electrons. The van der Waals surface area contributed by atoms with Crippen LogP contribution in [0.1, 0.15) is 16.8 Å². The highest BCUT2D eigenvalue weighted by Gasteiger charge is 2.39. The fraction of sp³-hybridized carbons (Fsp3) is 0.160. The van der Waals surface area contributed by atoms with Crippen LogP contribution in [0, 0.1) is 11.3 Å². The first-order valence-corrected chi connectivity index (χ1v) is 11.4. The van der Waals surface area contributed by atoms with E-state index < -0.39 is 41.8 Å². The summed E-state index contributed by atoms with van der Waals surface area (Å²) in [5, 5.41) is 13.0. The number of nitrogens with one attached hydrogen (secondary N) is 1. The van der Waals surface area contributed by atoms with Gasteiger partial charge in [-0.15, -0.1) is 13.2 Å². The zero-order chi connectivity index (χ0) is 30.4. The number of hydrogen-bond donors (Lipinski definition) is 1. The van der Waals surface area contributed by atoms with E-state index in [1.54, 1.807) is 6.07 Å². The monoisotopic (exact) mass is 599 g/mol. The van der Waals surface area contributed by atoms with E-state index in [2.05, 4.69) is 20.2 Å². The number of alkyl halides is 6. The maximum Gasteiger partial charge on any atom is 0.573 e. The van der Waals surface area contributed by atoms with E-state index in [-0.39, 0.29) is 33.2 Å². The lowest BCUT2D eigenvalue weighted by Crippen LogP contribution is -2.27. The number of rotatable bonds is 9. The van der Waals surface area contributed by atoms with Crippen LogP contribution in [-0.2, 0) is 17.5 Å². The molecule has 0 saturated heterocycles. The number of carbonyl (C=O) groups excluding carboxylic acids is 1. The standard InChI is InChI=1S/C25H16ClF6N5O4/c1-34-36-20(16-2-4-18(5-3-16)41-25(30,31)32)8-15(12-38)11-37-13-35-22(24(27,28)29)21(23(37)39)40-19-7-14(10-33)6-17(26)9-19/h2-9,12-13,34H,11H2,1H3/b15-8-,36-20+. The van der Waals surface area contributed by atoms with E-state index in [0.29, 0.717) is 17.2 Å². The van der Waals surface area contributed by atoms with Gasteiger partial charge in [-0.2, -0.15) is 23.5 Å². The minimum absolute atomic E-state index is 0.0283. The highest BCUT2D eigenvalue weighted by Crippen LogP contribution is 2.35. The van der Waals surface area contributed by atoms with Crippen molar-refractivity contribution in [2.24, 2.45) is 5.10 Å². The van der Waals surface area contributed by atoms with Crippen molar-refractivity contribution in [1.82, 2.24) is 15.0 Å². The van der Waals surface area contributed by atoms with Crippen LogP contribution in [0.25, 0.3) is 0 Å². The Labute approximate surface area is 231 Å². The molecule has 0 saturated carbocycles. The molecule has 0 aliphatic carbocycles. The minimum atomic E-state index is -5.11. The van der Waals surface area contributed by atoms with Crippen molar-refractivity contribution in [2.45, 2.75) is 19.1 Å². The van der Waals surface area contributed by atoms with E-state index in [1.165, 1.54) is 25.2 Å². The Morgan fingerprint density at radius 3 is 2.39 bits per heavy atom. The number of ether oxygens (including phenoxy) is 2. The first-order valence-electron chi connectivity index (χ1n) is 11.1. The van der Waals surface area contributed by atoms with Crippen LogP contribution in [-0.4, -0.2) is 35.0 Å². The summed E-state index contributed by atoms with van der Waals surface area (Å²) >= 11 is 5.87. The second kappa shape index (κ2) is 12.6. The second-order valence-corrected chi connectivity index (χ2v) is 8.31. The molecule has 1 N–H and O–H groups in total. The number of carbonyl (C=O) groups is 1. The SMILES string of the molecule is CN/N=C(\C=C(/C=O)Cn1cnc(C(F)(F)F)c(Oc2cc(Cl)cc(C#N)c2)c1=O)c1ccc(OC(F)(F)F)cc1. The number of nitriles is 1. The van der Waals surface area contributed by atoms with Crippen molar-refractivity contribution in [2.75, 3.05) is 7.05 Å². The average molecular weight is 600 g/mol. The summed E-state index contributed by atoms with van der Waals surface area (Å²) in [4.78, 5) is 28.2. The molecule has 0 atom stereocenters. The Morgan fingerprint density at radius 1 is 1.15 bits per heavy atom. The van der Waals surface area contributed by atoms with E-state index in [9.17, 15) is 35.9 Å². The van der Waals surface area contributed by atoms with Crippen LogP contribution < -0.4 is 20.5 Å². The number of aldehydes is 1. The fourth-order valence-corrected chi connectivity index (χ4v) is 3.52. The third kappa shape index (κ3) is 8.32. The molecule has 3 aromatic rings. The number of allylic oxidation sites excluding steroid dienone is 2. The van der Waals surface area contributed by atoms with E-state index in [4.69, 9.17) is 21.6 Å². The summed E-state index contributed by atoms with van der Waals surface area (Å²) in [5.41, 5.74) is -0.502. The number of nitrogens with zero attached hydrogens (tertiary/aromatic N) is 4. The molecule has 2 aromatic carbocycles. The molecule has 1 aromatic heterocycles. The van der Waals surface area contributed by atoms with Crippen molar-refractivity contribution in [3.8, 4) is 23.3 Å². The highest BCUT2D eigenvalue weighted by atomic mass is 35.5. The van der Waals surface area contributed by atoms with Gasteiger partial charge in [0.25, 0.3) is 5.56 Å². The lowest BCUT2D eigenvalue weighted by atomic mass is 10.1. The van der Waals surface area contributed by atoms with Gasteiger partial charge in [0.15, 0.2) is 5.69 Å². The summed E-state index contributed by atoms with van der Waals surface area (Å²) in [6.07, 6.45) is -8.00. The zero-order valence-electron chi connectivity index (χ0n) is 20.5. The van der Waals surface area contributed by atoms with Gasteiger partial charge in [-0.1, -0.05) is 11.6 Å². The van der Waals surface area contributed by atoms with Crippen molar-refractivity contribution in [3.05, 3.63) is 92.6 Å². The van der Waals surface area contributed by atoms with Gasteiger partial charge < -0.3 is 14.9 Å². The largest absolute Gasteiger partial charge is 0.573 e. The van der Waals surface area contributed by atoms with Crippen molar-refractivity contribution in [3.63, 3.8) is 0 Å². The molecular weight excluding hydrogens is 584 g/mol. The number of hydrogen-bond acceptors (Lipinski definition) is 8. The highest BCUT2D eigenvalue weighted by molar-refractivity contribution is 6.30. The summed E-state index contributed by atoms with van der Waals surface area (Å²) in [5.74, 6) is -2.09. The third-order valence-corrected chi connectivity index (χ3v) is 5.15. The fourth-order valence-electron chi connectivity index (χ4n) is 3.30. The summed E-state index contributed by atoms with van der Waals surface area (Å²) in [6, 6.07) is 9.56. The molecule has 0 fully saturated rings. The lowest BCUT2D eigenvalue weighted by molar-refractivity contribution is -0.274.